The number of aliphatic hydroxyl groups is 1. The van der Waals surface area contributed by atoms with Gasteiger partial charge in [0, 0.05) is 6.61 Å². The van der Waals surface area contributed by atoms with E-state index in [0.717, 1.165) is 6.42 Å². The molecule has 140 valence electrons. The molecule has 2 N–H and O–H groups in total. The number of ether oxygens (including phenoxy) is 1. The molecule has 2 rings (SSSR count). The van der Waals surface area contributed by atoms with Crippen LogP contribution in [0.1, 0.15) is 38.5 Å². The van der Waals surface area contributed by atoms with Crippen molar-refractivity contribution in [1.82, 2.24) is 0 Å². The number of carbonyl (C=O) groups excluding carboxylic acids is 1. The molecule has 6 nitrogen and oxygen atoms in total. The van der Waals surface area contributed by atoms with Crippen LogP contribution < -0.4 is 0 Å². The standard InChI is InChI=1S/C13H18F4O6S/c14-12(13(15,16)17,24(20,21)22)10(19)23-11-3-1-2-8(5-11)4-9(6-11)7-18/h8-9,18H,1-7H2,(H,20,21,22). The lowest BCUT2D eigenvalue weighted by Crippen LogP contribution is -2.58. The summed E-state index contributed by atoms with van der Waals surface area (Å²) in [6, 6.07) is 0. The van der Waals surface area contributed by atoms with E-state index in [9.17, 15) is 35.9 Å². The van der Waals surface area contributed by atoms with Crippen LogP contribution in [-0.4, -0.2) is 47.4 Å². The maximum Gasteiger partial charge on any atom is 0.451 e. The van der Waals surface area contributed by atoms with Crippen molar-refractivity contribution in [2.45, 2.75) is 55.3 Å². The summed E-state index contributed by atoms with van der Waals surface area (Å²) in [7, 11) is -6.44. The van der Waals surface area contributed by atoms with Crippen LogP contribution in [0.15, 0.2) is 0 Å². The lowest BCUT2D eigenvalue weighted by atomic mass is 9.65. The average molecular weight is 378 g/mol. The van der Waals surface area contributed by atoms with Crippen LogP contribution in [0.5, 0.6) is 0 Å². The third-order valence-corrected chi connectivity index (χ3v) is 5.89. The Morgan fingerprint density at radius 3 is 2.38 bits per heavy atom. The van der Waals surface area contributed by atoms with Crippen LogP contribution in [0.4, 0.5) is 17.6 Å². The smallest absolute Gasteiger partial charge is 0.451 e. The topological polar surface area (TPSA) is 101 Å². The number of carbonyl (C=O) groups is 1. The zero-order valence-electron chi connectivity index (χ0n) is 12.6. The van der Waals surface area contributed by atoms with Gasteiger partial charge in [-0.15, -0.1) is 0 Å². The Balaban J connectivity index is 2.32. The minimum atomic E-state index is -6.44. The summed E-state index contributed by atoms with van der Waals surface area (Å²) in [6.07, 6.45) is -3.99. The Hall–Kier alpha value is -0.940. The summed E-state index contributed by atoms with van der Waals surface area (Å²) >= 11 is 0. The second kappa shape index (κ2) is 6.10. The quantitative estimate of drug-likeness (QED) is 0.441. The van der Waals surface area contributed by atoms with Crippen LogP contribution in [0.25, 0.3) is 0 Å². The lowest BCUT2D eigenvalue weighted by molar-refractivity contribution is -0.228. The normalized spacial score (nSPS) is 33.6. The molecule has 0 amide bonds. The van der Waals surface area contributed by atoms with E-state index in [4.69, 9.17) is 9.29 Å². The van der Waals surface area contributed by atoms with Crippen molar-refractivity contribution in [2.24, 2.45) is 11.8 Å². The Kier molecular flexibility index (Phi) is 4.92. The SMILES string of the molecule is O=C(OC12CCCC(CC(CO)C1)C2)C(F)(C(F)(F)F)S(=O)(=O)O. The van der Waals surface area contributed by atoms with Crippen molar-refractivity contribution >= 4 is 16.1 Å². The molecular weight excluding hydrogens is 360 g/mol. The second-order valence-electron chi connectivity index (χ2n) is 6.59. The molecule has 0 radical (unpaired) electrons. The zero-order chi connectivity index (χ0) is 18.4. The van der Waals surface area contributed by atoms with E-state index in [2.05, 4.69) is 0 Å². The van der Waals surface area contributed by atoms with E-state index in [1.54, 1.807) is 0 Å². The number of hydrogen-bond acceptors (Lipinski definition) is 5. The Morgan fingerprint density at radius 1 is 1.25 bits per heavy atom. The molecule has 2 fully saturated rings. The monoisotopic (exact) mass is 378 g/mol. The third-order valence-electron chi connectivity index (χ3n) is 4.78. The van der Waals surface area contributed by atoms with Gasteiger partial charge in [0.25, 0.3) is 0 Å². The summed E-state index contributed by atoms with van der Waals surface area (Å²) in [6.45, 7) is -0.270. The van der Waals surface area contributed by atoms with Gasteiger partial charge < -0.3 is 9.84 Å². The van der Waals surface area contributed by atoms with Gasteiger partial charge in [-0.1, -0.05) is 6.42 Å². The Bertz CT molecular complexity index is 606. The first-order valence-electron chi connectivity index (χ1n) is 7.41. The molecule has 0 aromatic heterocycles. The number of esters is 1. The number of hydrogen-bond donors (Lipinski definition) is 2. The lowest BCUT2D eigenvalue weighted by Gasteiger charge is -2.47. The molecule has 0 aromatic rings. The van der Waals surface area contributed by atoms with E-state index in [0.29, 0.717) is 12.8 Å². The largest absolute Gasteiger partial charge is 0.456 e. The van der Waals surface area contributed by atoms with Crippen LogP contribution in [-0.2, 0) is 19.6 Å². The highest BCUT2D eigenvalue weighted by Crippen LogP contribution is 2.49. The fourth-order valence-electron chi connectivity index (χ4n) is 3.81. The van der Waals surface area contributed by atoms with E-state index >= 15 is 0 Å². The highest BCUT2D eigenvalue weighted by molar-refractivity contribution is 7.88. The van der Waals surface area contributed by atoms with Crippen LogP contribution in [0.3, 0.4) is 0 Å². The Morgan fingerprint density at radius 2 is 1.88 bits per heavy atom. The molecule has 0 heterocycles. The molecule has 2 saturated carbocycles. The highest BCUT2D eigenvalue weighted by Gasteiger charge is 2.73. The highest BCUT2D eigenvalue weighted by atomic mass is 32.2. The van der Waals surface area contributed by atoms with Gasteiger partial charge in [-0.05, 0) is 43.9 Å². The molecule has 4 unspecified atom stereocenters. The van der Waals surface area contributed by atoms with Gasteiger partial charge in [0.1, 0.15) is 5.60 Å². The second-order valence-corrected chi connectivity index (χ2v) is 8.10. The van der Waals surface area contributed by atoms with E-state index < -0.39 is 32.9 Å². The van der Waals surface area contributed by atoms with Crippen molar-refractivity contribution in [3.05, 3.63) is 0 Å². The van der Waals surface area contributed by atoms with Crippen LogP contribution in [0.2, 0.25) is 0 Å². The van der Waals surface area contributed by atoms with Crippen molar-refractivity contribution < 1.29 is 45.2 Å². The molecular formula is C13H18F4O6S. The molecule has 2 aliphatic rings. The predicted molar refractivity (Wildman–Crippen MR) is 72.0 cm³/mol. The summed E-state index contributed by atoms with van der Waals surface area (Å²) < 4.78 is 87.6. The summed E-state index contributed by atoms with van der Waals surface area (Å²) in [5, 5.41) is 3.75. The molecule has 11 heteroatoms. The molecule has 2 bridgehead atoms. The average Bonchev–Trinajstić information content (AvgIpc) is 2.42. The van der Waals surface area contributed by atoms with Crippen LogP contribution in [0, 0.1) is 11.8 Å². The first-order chi connectivity index (χ1) is 10.8. The maximum atomic E-state index is 14.1. The summed E-state index contributed by atoms with van der Waals surface area (Å²) in [5.41, 5.74) is -1.46. The molecule has 0 saturated heterocycles. The minimum Gasteiger partial charge on any atom is -0.456 e. The van der Waals surface area contributed by atoms with Gasteiger partial charge in [0.2, 0.25) is 0 Å². The van der Waals surface area contributed by atoms with Gasteiger partial charge >= 0.3 is 27.3 Å². The van der Waals surface area contributed by atoms with E-state index in [-0.39, 0.29) is 37.7 Å². The summed E-state index contributed by atoms with van der Waals surface area (Å²) in [5.74, 6) is -3.03. The number of alkyl halides is 4. The van der Waals surface area contributed by atoms with Crippen molar-refractivity contribution in [1.29, 1.82) is 0 Å². The molecule has 24 heavy (non-hydrogen) atoms. The van der Waals surface area contributed by atoms with Gasteiger partial charge in [0.15, 0.2) is 0 Å². The fourth-order valence-corrected chi connectivity index (χ4v) is 4.36. The minimum absolute atomic E-state index is 0.0110. The van der Waals surface area contributed by atoms with E-state index in [1.807, 2.05) is 0 Å². The van der Waals surface area contributed by atoms with Crippen molar-refractivity contribution in [3.63, 3.8) is 0 Å². The summed E-state index contributed by atoms with van der Waals surface area (Å²) in [4.78, 5) is 11.8. The first kappa shape index (κ1) is 19.4. The molecule has 0 spiro atoms. The fraction of sp³-hybridized carbons (Fsp3) is 0.923. The van der Waals surface area contributed by atoms with E-state index in [1.165, 1.54) is 0 Å². The van der Waals surface area contributed by atoms with Crippen molar-refractivity contribution in [3.8, 4) is 0 Å². The van der Waals surface area contributed by atoms with Gasteiger partial charge in [-0.2, -0.15) is 21.6 Å². The maximum absolute atomic E-state index is 14.1. The molecule has 2 aliphatic carbocycles. The van der Waals surface area contributed by atoms with Gasteiger partial charge in [-0.25, -0.2) is 9.18 Å². The Labute approximate surface area is 135 Å². The molecule has 4 atom stereocenters. The number of halogens is 4. The van der Waals surface area contributed by atoms with Gasteiger partial charge in [0.05, 0.1) is 0 Å². The number of aliphatic hydroxyl groups excluding tert-OH is 1. The number of fused-ring (bicyclic) bond motifs is 2. The van der Waals surface area contributed by atoms with Gasteiger partial charge in [-0.3, -0.25) is 4.55 Å². The zero-order valence-corrected chi connectivity index (χ0v) is 13.4. The molecule has 0 aromatic carbocycles. The molecule has 0 aliphatic heterocycles. The third kappa shape index (κ3) is 3.25. The predicted octanol–water partition coefficient (Wildman–Crippen LogP) is 1.98. The number of rotatable bonds is 4. The van der Waals surface area contributed by atoms with Crippen LogP contribution >= 0.6 is 0 Å². The van der Waals surface area contributed by atoms with Crippen molar-refractivity contribution in [2.75, 3.05) is 6.61 Å². The first-order valence-corrected chi connectivity index (χ1v) is 8.85.